The first-order chi connectivity index (χ1) is 10.2. The molecule has 3 fully saturated rings. The Hall–Kier alpha value is -0.650. The van der Waals surface area contributed by atoms with E-state index in [2.05, 4.69) is 4.90 Å². The molecular weight excluding hydrogens is 270 g/mol. The van der Waals surface area contributed by atoms with Crippen molar-refractivity contribution in [1.29, 1.82) is 0 Å². The van der Waals surface area contributed by atoms with Crippen molar-refractivity contribution in [3.63, 3.8) is 0 Å². The summed E-state index contributed by atoms with van der Waals surface area (Å²) in [6.45, 7) is 4.71. The molecule has 5 nitrogen and oxygen atoms in total. The maximum absolute atomic E-state index is 11.5. The minimum Gasteiger partial charge on any atom is -0.469 e. The normalized spacial score (nSPS) is 28.0. The maximum Gasteiger partial charge on any atom is 0.308 e. The molecule has 1 spiro atoms. The van der Waals surface area contributed by atoms with Gasteiger partial charge in [-0.2, -0.15) is 0 Å². The third-order valence-electron chi connectivity index (χ3n) is 5.32. The average Bonchev–Trinajstić information content (AvgIpc) is 2.98. The Morgan fingerprint density at radius 2 is 1.76 bits per heavy atom. The van der Waals surface area contributed by atoms with Crippen LogP contribution in [0.2, 0.25) is 0 Å². The molecule has 0 aromatic carbocycles. The first-order valence-electron chi connectivity index (χ1n) is 8.29. The van der Waals surface area contributed by atoms with Gasteiger partial charge in [0.25, 0.3) is 0 Å². The van der Waals surface area contributed by atoms with Gasteiger partial charge in [0, 0.05) is 19.4 Å². The van der Waals surface area contributed by atoms with Gasteiger partial charge in [0.2, 0.25) is 0 Å². The van der Waals surface area contributed by atoms with Crippen molar-refractivity contribution >= 4 is 5.97 Å². The number of hydrogen-bond acceptors (Lipinski definition) is 5. The Kier molecular flexibility index (Phi) is 4.82. The molecule has 0 atom stereocenters. The molecule has 21 heavy (non-hydrogen) atoms. The van der Waals surface area contributed by atoms with E-state index in [1.165, 1.54) is 20.0 Å². The summed E-state index contributed by atoms with van der Waals surface area (Å²) in [6.07, 6.45) is 6.34. The van der Waals surface area contributed by atoms with Crippen LogP contribution in [0.4, 0.5) is 0 Å². The molecule has 0 radical (unpaired) electrons. The summed E-state index contributed by atoms with van der Waals surface area (Å²) in [5.74, 6) is 0.582. The summed E-state index contributed by atoms with van der Waals surface area (Å²) in [7, 11) is 1.49. The monoisotopic (exact) mass is 297 g/mol. The zero-order chi connectivity index (χ0) is 14.7. The molecule has 120 valence electrons. The molecule has 2 saturated heterocycles. The van der Waals surface area contributed by atoms with Crippen LogP contribution in [-0.4, -0.2) is 56.6 Å². The van der Waals surface area contributed by atoms with E-state index in [4.69, 9.17) is 14.2 Å². The summed E-state index contributed by atoms with van der Waals surface area (Å²) in [5.41, 5.74) is 0. The zero-order valence-electron chi connectivity index (χ0n) is 13.0. The van der Waals surface area contributed by atoms with Crippen molar-refractivity contribution in [2.45, 2.75) is 44.3 Å². The summed E-state index contributed by atoms with van der Waals surface area (Å²) in [6, 6.07) is 0. The molecule has 0 bridgehead atoms. The Labute approximate surface area is 126 Å². The van der Waals surface area contributed by atoms with E-state index in [0.29, 0.717) is 0 Å². The molecule has 0 unspecified atom stereocenters. The van der Waals surface area contributed by atoms with Gasteiger partial charge in [-0.05, 0) is 44.7 Å². The number of methoxy groups -OCH3 is 1. The van der Waals surface area contributed by atoms with Crippen molar-refractivity contribution in [3.8, 4) is 0 Å². The van der Waals surface area contributed by atoms with Crippen molar-refractivity contribution in [3.05, 3.63) is 0 Å². The number of nitrogens with zero attached hydrogens (tertiary/aromatic N) is 1. The van der Waals surface area contributed by atoms with E-state index in [-0.39, 0.29) is 17.7 Å². The Bertz CT molecular complexity index is 349. The van der Waals surface area contributed by atoms with E-state index in [9.17, 15) is 4.79 Å². The number of rotatable bonds is 3. The van der Waals surface area contributed by atoms with Crippen molar-refractivity contribution in [2.75, 3.05) is 40.0 Å². The van der Waals surface area contributed by atoms with Crippen LogP contribution in [0.1, 0.15) is 38.5 Å². The average molecular weight is 297 g/mol. The zero-order valence-corrected chi connectivity index (χ0v) is 13.0. The van der Waals surface area contributed by atoms with Gasteiger partial charge in [-0.25, -0.2) is 0 Å². The fourth-order valence-electron chi connectivity index (χ4n) is 3.97. The van der Waals surface area contributed by atoms with Gasteiger partial charge in [0.1, 0.15) is 0 Å². The van der Waals surface area contributed by atoms with Gasteiger partial charge in [0.05, 0.1) is 26.2 Å². The topological polar surface area (TPSA) is 48.0 Å². The first-order valence-corrected chi connectivity index (χ1v) is 8.29. The number of hydrogen-bond donors (Lipinski definition) is 0. The summed E-state index contributed by atoms with van der Waals surface area (Å²) < 4.78 is 16.4. The minimum atomic E-state index is -0.242. The molecule has 1 aliphatic carbocycles. The Morgan fingerprint density at radius 1 is 1.14 bits per heavy atom. The number of carbonyl (C=O) groups excluding carboxylic acids is 1. The summed E-state index contributed by atoms with van der Waals surface area (Å²) in [4.78, 5) is 14.1. The molecule has 0 aromatic heterocycles. The van der Waals surface area contributed by atoms with Crippen molar-refractivity contribution < 1.29 is 19.0 Å². The van der Waals surface area contributed by atoms with Crippen LogP contribution in [0.15, 0.2) is 0 Å². The number of ether oxygens (including phenoxy) is 3. The largest absolute Gasteiger partial charge is 0.469 e. The highest BCUT2D eigenvalue weighted by Crippen LogP contribution is 2.38. The maximum atomic E-state index is 11.5. The van der Waals surface area contributed by atoms with Gasteiger partial charge in [-0.15, -0.1) is 0 Å². The highest BCUT2D eigenvalue weighted by Gasteiger charge is 2.40. The second-order valence-corrected chi connectivity index (χ2v) is 6.65. The van der Waals surface area contributed by atoms with Crippen LogP contribution in [0.25, 0.3) is 0 Å². The fourth-order valence-corrected chi connectivity index (χ4v) is 3.97. The highest BCUT2D eigenvalue weighted by molar-refractivity contribution is 5.72. The second-order valence-electron chi connectivity index (χ2n) is 6.65. The molecule has 0 N–H and O–H groups in total. The van der Waals surface area contributed by atoms with Crippen LogP contribution in [0, 0.1) is 11.8 Å². The lowest BCUT2D eigenvalue weighted by Crippen LogP contribution is -2.42. The van der Waals surface area contributed by atoms with Gasteiger partial charge >= 0.3 is 5.97 Å². The molecule has 5 heteroatoms. The first kappa shape index (κ1) is 15.3. The van der Waals surface area contributed by atoms with Crippen molar-refractivity contribution in [2.24, 2.45) is 11.8 Å². The van der Waals surface area contributed by atoms with Gasteiger partial charge in [0.15, 0.2) is 5.79 Å². The van der Waals surface area contributed by atoms with Crippen LogP contribution in [0.5, 0.6) is 0 Å². The molecule has 1 saturated carbocycles. The van der Waals surface area contributed by atoms with E-state index in [0.717, 1.165) is 64.4 Å². The van der Waals surface area contributed by atoms with E-state index in [1.54, 1.807) is 0 Å². The lowest BCUT2D eigenvalue weighted by Gasteiger charge is -2.38. The van der Waals surface area contributed by atoms with Crippen LogP contribution in [-0.2, 0) is 19.0 Å². The number of carbonyl (C=O) groups is 1. The molecule has 0 aromatic rings. The molecule has 3 rings (SSSR count). The quantitative estimate of drug-likeness (QED) is 0.744. The smallest absolute Gasteiger partial charge is 0.308 e. The SMILES string of the molecule is COC(=O)C1CCN(CC2CCC3(CC2)OCCO3)CC1. The lowest BCUT2D eigenvalue weighted by atomic mass is 9.84. The lowest BCUT2D eigenvalue weighted by molar-refractivity contribution is -0.183. The standard InChI is InChI=1S/C16H27NO4/c1-19-15(18)14-4-8-17(9-5-14)12-13-2-6-16(7-3-13)20-10-11-21-16/h13-14H,2-12H2,1H3. The van der Waals surface area contributed by atoms with Crippen LogP contribution >= 0.6 is 0 Å². The molecule has 3 aliphatic rings. The van der Waals surface area contributed by atoms with Gasteiger partial charge < -0.3 is 19.1 Å². The number of likely N-dealkylation sites (tertiary alicyclic amines) is 1. The summed E-state index contributed by atoms with van der Waals surface area (Å²) in [5, 5.41) is 0. The van der Waals surface area contributed by atoms with Gasteiger partial charge in [-0.1, -0.05) is 0 Å². The van der Waals surface area contributed by atoms with Crippen LogP contribution < -0.4 is 0 Å². The van der Waals surface area contributed by atoms with E-state index < -0.39 is 0 Å². The molecule has 0 amide bonds. The molecule has 2 heterocycles. The second kappa shape index (κ2) is 6.63. The third-order valence-corrected chi connectivity index (χ3v) is 5.32. The molecular formula is C16H27NO4. The predicted molar refractivity (Wildman–Crippen MR) is 77.8 cm³/mol. The van der Waals surface area contributed by atoms with E-state index >= 15 is 0 Å². The minimum absolute atomic E-state index is 0.0372. The van der Waals surface area contributed by atoms with Gasteiger partial charge in [-0.3, -0.25) is 4.79 Å². The third kappa shape index (κ3) is 3.58. The van der Waals surface area contributed by atoms with Crippen molar-refractivity contribution in [1.82, 2.24) is 4.90 Å². The molecule has 2 aliphatic heterocycles. The number of esters is 1. The Morgan fingerprint density at radius 3 is 2.33 bits per heavy atom. The summed E-state index contributed by atoms with van der Waals surface area (Å²) >= 11 is 0. The predicted octanol–water partition coefficient (Wildman–Crippen LogP) is 1.80. The Balaban J connectivity index is 1.39. The van der Waals surface area contributed by atoms with E-state index in [1.807, 2.05) is 0 Å². The fraction of sp³-hybridized carbons (Fsp3) is 0.938. The van der Waals surface area contributed by atoms with Crippen LogP contribution in [0.3, 0.4) is 0 Å². The highest BCUT2D eigenvalue weighted by atomic mass is 16.7. The number of piperidine rings is 1.